The zero-order valence-electron chi connectivity index (χ0n) is 11.2. The molecule has 0 aliphatic carbocycles. The number of ether oxygens (including phenoxy) is 2. The zero-order chi connectivity index (χ0) is 14.4. The summed E-state index contributed by atoms with van der Waals surface area (Å²) < 4.78 is 10.4. The molecule has 0 amide bonds. The summed E-state index contributed by atoms with van der Waals surface area (Å²) in [5, 5.41) is 8.80. The number of benzene rings is 1. The average Bonchev–Trinajstić information content (AvgIpc) is 2.47. The summed E-state index contributed by atoms with van der Waals surface area (Å²) in [5.74, 6) is -1.15. The predicted molar refractivity (Wildman–Crippen MR) is 71.0 cm³/mol. The van der Waals surface area contributed by atoms with Crippen LogP contribution in [-0.2, 0) is 25.7 Å². The van der Waals surface area contributed by atoms with Crippen LogP contribution in [0.3, 0.4) is 0 Å². The first-order valence-corrected chi connectivity index (χ1v) is 6.69. The highest BCUT2D eigenvalue weighted by atomic mass is 16.5. The zero-order valence-corrected chi connectivity index (χ0v) is 11.2. The summed E-state index contributed by atoms with van der Waals surface area (Å²) in [6, 6.07) is 9.49. The molecule has 2 rings (SSSR count). The van der Waals surface area contributed by atoms with Gasteiger partial charge in [0, 0.05) is 0 Å². The molecule has 1 fully saturated rings. The summed E-state index contributed by atoms with van der Waals surface area (Å²) in [6.45, 7) is 0.572. The van der Waals surface area contributed by atoms with Crippen molar-refractivity contribution in [1.82, 2.24) is 0 Å². The van der Waals surface area contributed by atoms with E-state index >= 15 is 0 Å². The Labute approximate surface area is 117 Å². The molecule has 1 N–H and O–H groups in total. The highest BCUT2D eigenvalue weighted by molar-refractivity contribution is 5.72. The first-order chi connectivity index (χ1) is 9.65. The maximum Gasteiger partial charge on any atom is 0.332 e. The molecule has 0 aromatic heterocycles. The van der Waals surface area contributed by atoms with E-state index in [0.717, 1.165) is 5.56 Å². The largest absolute Gasteiger partial charge is 0.479 e. The maximum absolute atomic E-state index is 11.7. The molecule has 0 spiro atoms. The summed E-state index contributed by atoms with van der Waals surface area (Å²) in [7, 11) is 0. The quantitative estimate of drug-likeness (QED) is 0.834. The second-order valence-electron chi connectivity index (χ2n) is 4.95. The minimum absolute atomic E-state index is 0.0499. The number of rotatable bonds is 5. The molecule has 1 aliphatic rings. The van der Waals surface area contributed by atoms with Crippen molar-refractivity contribution in [3.63, 3.8) is 0 Å². The third-order valence-corrected chi connectivity index (χ3v) is 3.34. The van der Waals surface area contributed by atoms with Crippen LogP contribution in [0.25, 0.3) is 0 Å². The monoisotopic (exact) mass is 278 g/mol. The number of hydrogen-bond donors (Lipinski definition) is 1. The van der Waals surface area contributed by atoms with Gasteiger partial charge >= 0.3 is 11.9 Å². The molecule has 20 heavy (non-hydrogen) atoms. The molecular formula is C15H18O5. The molecule has 1 heterocycles. The summed E-state index contributed by atoms with van der Waals surface area (Å²) in [4.78, 5) is 22.4. The van der Waals surface area contributed by atoms with Gasteiger partial charge in [-0.3, -0.25) is 4.79 Å². The average molecular weight is 278 g/mol. The minimum Gasteiger partial charge on any atom is -0.479 e. The van der Waals surface area contributed by atoms with E-state index in [2.05, 4.69) is 0 Å². The fourth-order valence-electron chi connectivity index (χ4n) is 2.19. The second kappa shape index (κ2) is 7.05. The Kier molecular flexibility index (Phi) is 5.12. The van der Waals surface area contributed by atoms with Gasteiger partial charge in [-0.25, -0.2) is 4.79 Å². The number of carboxylic acids is 1. The van der Waals surface area contributed by atoms with Gasteiger partial charge < -0.3 is 14.6 Å². The van der Waals surface area contributed by atoms with Crippen LogP contribution in [0.15, 0.2) is 30.3 Å². The van der Waals surface area contributed by atoms with Crippen LogP contribution in [0.5, 0.6) is 0 Å². The molecule has 0 bridgehead atoms. The smallest absolute Gasteiger partial charge is 0.332 e. The van der Waals surface area contributed by atoms with Crippen LogP contribution >= 0.6 is 0 Å². The molecule has 0 saturated carbocycles. The van der Waals surface area contributed by atoms with Crippen molar-refractivity contribution in [1.29, 1.82) is 0 Å². The third kappa shape index (κ3) is 4.35. The fourth-order valence-corrected chi connectivity index (χ4v) is 2.19. The van der Waals surface area contributed by atoms with Crippen LogP contribution in [0.4, 0.5) is 0 Å². The van der Waals surface area contributed by atoms with Gasteiger partial charge in [0.25, 0.3) is 0 Å². The van der Waals surface area contributed by atoms with Crippen molar-refractivity contribution >= 4 is 11.9 Å². The van der Waals surface area contributed by atoms with Gasteiger partial charge in [-0.1, -0.05) is 30.3 Å². The van der Waals surface area contributed by atoms with E-state index in [1.54, 1.807) is 0 Å². The lowest BCUT2D eigenvalue weighted by Crippen LogP contribution is -2.33. The van der Waals surface area contributed by atoms with Crippen molar-refractivity contribution in [3.8, 4) is 0 Å². The Morgan fingerprint density at radius 3 is 2.60 bits per heavy atom. The van der Waals surface area contributed by atoms with Gasteiger partial charge in [0.05, 0.1) is 13.0 Å². The molecule has 2 atom stereocenters. The Bertz CT molecular complexity index is 449. The van der Waals surface area contributed by atoms with Crippen LogP contribution < -0.4 is 0 Å². The van der Waals surface area contributed by atoms with Crippen LogP contribution in [0.1, 0.15) is 24.8 Å². The van der Waals surface area contributed by atoms with Crippen molar-refractivity contribution in [2.75, 3.05) is 6.61 Å². The van der Waals surface area contributed by atoms with Gasteiger partial charge in [-0.15, -0.1) is 0 Å². The standard InChI is InChI=1S/C15H18O5/c16-14(20-9-11-4-2-1-3-5-11)8-12-6-7-13(15(17)18)19-10-12/h1-5,12-13H,6-10H2,(H,17,18)/t12-,13-/m0/s1. The molecular weight excluding hydrogens is 260 g/mol. The molecule has 0 radical (unpaired) electrons. The number of carbonyl (C=O) groups excluding carboxylic acids is 1. The second-order valence-corrected chi connectivity index (χ2v) is 4.95. The van der Waals surface area contributed by atoms with E-state index < -0.39 is 12.1 Å². The molecule has 1 saturated heterocycles. The highest BCUT2D eigenvalue weighted by Crippen LogP contribution is 2.22. The van der Waals surface area contributed by atoms with E-state index in [-0.39, 0.29) is 24.9 Å². The van der Waals surface area contributed by atoms with Crippen molar-refractivity contribution in [3.05, 3.63) is 35.9 Å². The van der Waals surface area contributed by atoms with Crippen molar-refractivity contribution < 1.29 is 24.2 Å². The summed E-state index contributed by atoms with van der Waals surface area (Å²) in [6.07, 6.45) is 0.675. The Morgan fingerprint density at radius 1 is 1.25 bits per heavy atom. The van der Waals surface area contributed by atoms with E-state index in [1.807, 2.05) is 30.3 Å². The minimum atomic E-state index is -0.935. The van der Waals surface area contributed by atoms with E-state index in [9.17, 15) is 9.59 Å². The van der Waals surface area contributed by atoms with E-state index in [0.29, 0.717) is 19.4 Å². The van der Waals surface area contributed by atoms with Crippen LogP contribution in [0, 0.1) is 5.92 Å². The SMILES string of the molecule is O=C(C[C@@H]1CC[C@@H](C(=O)O)OC1)OCc1ccccc1. The Hall–Kier alpha value is -1.88. The third-order valence-electron chi connectivity index (χ3n) is 3.34. The maximum atomic E-state index is 11.7. The summed E-state index contributed by atoms with van der Waals surface area (Å²) >= 11 is 0. The number of hydrogen-bond acceptors (Lipinski definition) is 4. The van der Waals surface area contributed by atoms with Gasteiger partial charge in [0.1, 0.15) is 6.61 Å². The highest BCUT2D eigenvalue weighted by Gasteiger charge is 2.28. The number of aliphatic carboxylic acids is 1. The van der Waals surface area contributed by atoms with Crippen molar-refractivity contribution in [2.24, 2.45) is 5.92 Å². The van der Waals surface area contributed by atoms with Gasteiger partial charge in [0.2, 0.25) is 0 Å². The van der Waals surface area contributed by atoms with Crippen LogP contribution in [-0.4, -0.2) is 29.8 Å². The van der Waals surface area contributed by atoms with E-state index in [1.165, 1.54) is 0 Å². The molecule has 1 aliphatic heterocycles. The van der Waals surface area contributed by atoms with Gasteiger partial charge in [-0.2, -0.15) is 0 Å². The molecule has 5 nitrogen and oxygen atoms in total. The first-order valence-electron chi connectivity index (χ1n) is 6.69. The molecule has 0 unspecified atom stereocenters. The van der Waals surface area contributed by atoms with Gasteiger partial charge in [-0.05, 0) is 24.3 Å². The first kappa shape index (κ1) is 14.5. The summed E-state index contributed by atoms with van der Waals surface area (Å²) in [5.41, 5.74) is 0.951. The number of esters is 1. The molecule has 108 valence electrons. The lowest BCUT2D eigenvalue weighted by Gasteiger charge is -2.25. The normalized spacial score (nSPS) is 22.2. The number of carbonyl (C=O) groups is 2. The Morgan fingerprint density at radius 2 is 2.00 bits per heavy atom. The van der Waals surface area contributed by atoms with E-state index in [4.69, 9.17) is 14.6 Å². The lowest BCUT2D eigenvalue weighted by molar-refractivity contribution is -0.157. The number of carboxylic acid groups (broad SMARTS) is 1. The fraction of sp³-hybridized carbons (Fsp3) is 0.467. The molecule has 1 aromatic carbocycles. The molecule has 5 heteroatoms. The topological polar surface area (TPSA) is 72.8 Å². The lowest BCUT2D eigenvalue weighted by atomic mass is 9.95. The molecule has 1 aromatic rings. The van der Waals surface area contributed by atoms with Gasteiger partial charge in [0.15, 0.2) is 6.10 Å². The predicted octanol–water partition coefficient (Wildman–Crippen LogP) is 2.00. The Balaban J connectivity index is 1.69. The van der Waals surface area contributed by atoms with Crippen molar-refractivity contribution in [2.45, 2.75) is 32.0 Å². The van der Waals surface area contributed by atoms with Crippen LogP contribution in [0.2, 0.25) is 0 Å².